The van der Waals surface area contributed by atoms with Crippen LogP contribution in [0, 0.1) is 11.6 Å². The third-order valence-corrected chi connectivity index (χ3v) is 7.37. The smallest absolute Gasteiger partial charge is 0.125 e. The van der Waals surface area contributed by atoms with E-state index in [1.807, 2.05) is 36.4 Å². The van der Waals surface area contributed by atoms with Crippen molar-refractivity contribution in [3.63, 3.8) is 0 Å². The van der Waals surface area contributed by atoms with Crippen molar-refractivity contribution < 1.29 is 8.78 Å². The molecule has 1 unspecified atom stereocenters. The van der Waals surface area contributed by atoms with Crippen LogP contribution in [0.2, 0.25) is 5.02 Å². The van der Waals surface area contributed by atoms with Crippen molar-refractivity contribution >= 4 is 23.0 Å². The topological polar surface area (TPSA) is 9.72 Å². The molecule has 34 heavy (non-hydrogen) atoms. The molecule has 0 radical (unpaired) electrons. The number of hydrogen-bond donors (Lipinski definition) is 0. The second kappa shape index (κ2) is 10.3. The Kier molecular flexibility index (Phi) is 7.02. The SMILES string of the molecule is Fc1ccc(C2CCCN(CCN3CCN(c4cccc(Cl)c4)CC3)c3cc(F)ccc32)cc1. The van der Waals surface area contributed by atoms with Crippen molar-refractivity contribution in [2.75, 3.05) is 55.6 Å². The third-order valence-electron chi connectivity index (χ3n) is 7.13. The molecule has 0 N–H and O–H groups in total. The highest BCUT2D eigenvalue weighted by molar-refractivity contribution is 6.30. The summed E-state index contributed by atoms with van der Waals surface area (Å²) >= 11 is 6.16. The van der Waals surface area contributed by atoms with Crippen molar-refractivity contribution in [1.82, 2.24) is 4.90 Å². The molecule has 1 atom stereocenters. The first kappa shape index (κ1) is 23.1. The van der Waals surface area contributed by atoms with Gasteiger partial charge in [0.05, 0.1) is 0 Å². The van der Waals surface area contributed by atoms with Crippen LogP contribution >= 0.6 is 11.6 Å². The molecular formula is C28H30ClF2N3. The molecule has 0 saturated carbocycles. The molecule has 1 fully saturated rings. The number of rotatable bonds is 5. The molecule has 3 aromatic carbocycles. The molecule has 2 heterocycles. The summed E-state index contributed by atoms with van der Waals surface area (Å²) in [5.74, 6) is -0.283. The van der Waals surface area contributed by atoms with Crippen LogP contribution in [-0.2, 0) is 0 Å². The summed E-state index contributed by atoms with van der Waals surface area (Å²) in [6.45, 7) is 6.64. The van der Waals surface area contributed by atoms with Crippen LogP contribution in [-0.4, -0.2) is 50.7 Å². The summed E-state index contributed by atoms with van der Waals surface area (Å²) in [6, 6.07) is 19.9. The van der Waals surface area contributed by atoms with Crippen LogP contribution in [0.15, 0.2) is 66.7 Å². The first-order valence-electron chi connectivity index (χ1n) is 12.1. The molecule has 0 aromatic heterocycles. The minimum atomic E-state index is -0.228. The Bertz CT molecular complexity index is 1110. The van der Waals surface area contributed by atoms with E-state index in [4.69, 9.17) is 11.6 Å². The minimum Gasteiger partial charge on any atom is -0.370 e. The molecular weight excluding hydrogens is 452 g/mol. The fourth-order valence-electron chi connectivity index (χ4n) is 5.29. The van der Waals surface area contributed by atoms with Gasteiger partial charge < -0.3 is 9.80 Å². The molecule has 178 valence electrons. The summed E-state index contributed by atoms with van der Waals surface area (Å²) in [5.41, 5.74) is 4.38. The second-order valence-corrected chi connectivity index (χ2v) is 9.68. The molecule has 0 amide bonds. The average Bonchev–Trinajstić information content (AvgIpc) is 3.02. The predicted octanol–water partition coefficient (Wildman–Crippen LogP) is 6.17. The number of halogens is 3. The molecule has 3 nitrogen and oxygen atoms in total. The summed E-state index contributed by atoms with van der Waals surface area (Å²) in [4.78, 5) is 7.21. The maximum atomic E-state index is 14.3. The number of nitrogens with zero attached hydrogens (tertiary/aromatic N) is 3. The highest BCUT2D eigenvalue weighted by Crippen LogP contribution is 2.39. The molecule has 3 aromatic rings. The summed E-state index contributed by atoms with van der Waals surface area (Å²) in [7, 11) is 0. The lowest BCUT2D eigenvalue weighted by Crippen LogP contribution is -2.48. The van der Waals surface area contributed by atoms with E-state index in [1.165, 1.54) is 17.8 Å². The summed E-state index contributed by atoms with van der Waals surface area (Å²) in [6.07, 6.45) is 1.99. The highest BCUT2D eigenvalue weighted by Gasteiger charge is 2.26. The fraction of sp³-hybridized carbons (Fsp3) is 0.357. The van der Waals surface area contributed by atoms with Gasteiger partial charge in [0.2, 0.25) is 0 Å². The average molecular weight is 482 g/mol. The van der Waals surface area contributed by atoms with E-state index in [1.54, 1.807) is 12.1 Å². The zero-order chi connectivity index (χ0) is 23.5. The van der Waals surface area contributed by atoms with Crippen LogP contribution in [0.1, 0.15) is 29.9 Å². The van der Waals surface area contributed by atoms with E-state index >= 15 is 0 Å². The molecule has 0 bridgehead atoms. The maximum Gasteiger partial charge on any atom is 0.125 e. The van der Waals surface area contributed by atoms with E-state index in [0.29, 0.717) is 0 Å². The van der Waals surface area contributed by atoms with Crippen LogP contribution in [0.5, 0.6) is 0 Å². The maximum absolute atomic E-state index is 14.3. The Labute approximate surface area is 205 Å². The molecule has 0 spiro atoms. The number of benzene rings is 3. The largest absolute Gasteiger partial charge is 0.370 e. The van der Waals surface area contributed by atoms with Gasteiger partial charge in [0, 0.05) is 68.1 Å². The van der Waals surface area contributed by atoms with Crippen molar-refractivity contribution in [2.24, 2.45) is 0 Å². The van der Waals surface area contributed by atoms with Gasteiger partial charge in [-0.2, -0.15) is 0 Å². The van der Waals surface area contributed by atoms with Crippen LogP contribution in [0.25, 0.3) is 0 Å². The third kappa shape index (κ3) is 5.21. The molecule has 2 aliphatic heterocycles. The van der Waals surface area contributed by atoms with Crippen LogP contribution in [0.3, 0.4) is 0 Å². The van der Waals surface area contributed by atoms with E-state index < -0.39 is 0 Å². The second-order valence-electron chi connectivity index (χ2n) is 9.25. The standard InChI is InChI=1S/C28H30ClF2N3/c29-22-3-1-4-25(19-22)33-16-13-32(14-17-33)15-18-34-12-2-5-26(21-6-8-23(30)9-7-21)27-11-10-24(31)20-28(27)34/h1,3-4,6-11,19-20,26H,2,5,12-18H2. The Morgan fingerprint density at radius 3 is 2.32 bits per heavy atom. The first-order valence-corrected chi connectivity index (χ1v) is 12.5. The van der Waals surface area contributed by atoms with Crippen LogP contribution in [0.4, 0.5) is 20.2 Å². The number of anilines is 2. The Balaban J connectivity index is 1.26. The first-order chi connectivity index (χ1) is 16.6. The van der Waals surface area contributed by atoms with Crippen molar-refractivity contribution in [3.05, 3.63) is 94.5 Å². The van der Waals surface area contributed by atoms with Gasteiger partial charge >= 0.3 is 0 Å². The monoisotopic (exact) mass is 481 g/mol. The van der Waals surface area contributed by atoms with Crippen molar-refractivity contribution in [3.8, 4) is 0 Å². The highest BCUT2D eigenvalue weighted by atomic mass is 35.5. The lowest BCUT2D eigenvalue weighted by Gasteiger charge is -2.37. The van der Waals surface area contributed by atoms with E-state index in [2.05, 4.69) is 20.8 Å². The molecule has 1 saturated heterocycles. The molecule has 2 aliphatic rings. The number of hydrogen-bond acceptors (Lipinski definition) is 3. The lowest BCUT2D eigenvalue weighted by atomic mass is 9.87. The van der Waals surface area contributed by atoms with Crippen molar-refractivity contribution in [1.29, 1.82) is 0 Å². The van der Waals surface area contributed by atoms with Gasteiger partial charge in [0.1, 0.15) is 11.6 Å². The normalized spacial score (nSPS) is 19.1. The Morgan fingerprint density at radius 2 is 1.56 bits per heavy atom. The summed E-state index contributed by atoms with van der Waals surface area (Å²) < 4.78 is 27.8. The van der Waals surface area contributed by atoms with E-state index in [-0.39, 0.29) is 17.6 Å². The number of fused-ring (bicyclic) bond motifs is 1. The predicted molar refractivity (Wildman–Crippen MR) is 136 cm³/mol. The van der Waals surface area contributed by atoms with Gasteiger partial charge in [-0.25, -0.2) is 8.78 Å². The Hall–Kier alpha value is -2.63. The van der Waals surface area contributed by atoms with Gasteiger partial charge in [-0.3, -0.25) is 4.90 Å². The Morgan fingerprint density at radius 1 is 0.794 bits per heavy atom. The lowest BCUT2D eigenvalue weighted by molar-refractivity contribution is 0.262. The van der Waals surface area contributed by atoms with Gasteiger partial charge in [0.15, 0.2) is 0 Å². The molecule has 0 aliphatic carbocycles. The van der Waals surface area contributed by atoms with Gasteiger partial charge in [0.25, 0.3) is 0 Å². The van der Waals surface area contributed by atoms with Crippen molar-refractivity contribution in [2.45, 2.75) is 18.8 Å². The minimum absolute atomic E-state index is 0.155. The number of piperazine rings is 1. The van der Waals surface area contributed by atoms with Crippen LogP contribution < -0.4 is 9.80 Å². The van der Waals surface area contributed by atoms with Gasteiger partial charge in [-0.15, -0.1) is 0 Å². The van der Waals surface area contributed by atoms with E-state index in [9.17, 15) is 8.78 Å². The fourth-order valence-corrected chi connectivity index (χ4v) is 5.47. The van der Waals surface area contributed by atoms with E-state index in [0.717, 1.165) is 80.5 Å². The summed E-state index contributed by atoms with van der Waals surface area (Å²) in [5, 5.41) is 0.769. The quantitative estimate of drug-likeness (QED) is 0.431. The van der Waals surface area contributed by atoms with Gasteiger partial charge in [-0.05, 0) is 66.4 Å². The molecule has 5 rings (SSSR count). The zero-order valence-electron chi connectivity index (χ0n) is 19.3. The zero-order valence-corrected chi connectivity index (χ0v) is 20.0. The molecule has 6 heteroatoms. The van der Waals surface area contributed by atoms with Gasteiger partial charge in [-0.1, -0.05) is 35.9 Å².